The Morgan fingerprint density at radius 2 is 2.27 bits per heavy atom. The van der Waals surface area contributed by atoms with Crippen LogP contribution in [0, 0.1) is 0 Å². The summed E-state index contributed by atoms with van der Waals surface area (Å²) >= 11 is 12.4. The lowest BCUT2D eigenvalue weighted by Crippen LogP contribution is -2.23. The second-order valence-corrected chi connectivity index (χ2v) is 4.63. The number of carbonyl (C=O) groups is 1. The van der Waals surface area contributed by atoms with Gasteiger partial charge in [0.15, 0.2) is 4.47 Å². The molecule has 84 valence electrons. The van der Waals surface area contributed by atoms with E-state index in [2.05, 4.69) is 10.3 Å². The number of nitrogens with one attached hydrogen (secondary N) is 1. The number of rotatable bonds is 4. The van der Waals surface area contributed by atoms with E-state index in [1.807, 2.05) is 0 Å². The third kappa shape index (κ3) is 3.83. The average Bonchev–Trinajstić information content (AvgIpc) is 2.44. The fraction of sp³-hybridized carbons (Fsp3) is 0.429. The van der Waals surface area contributed by atoms with Gasteiger partial charge < -0.3 is 15.5 Å². The van der Waals surface area contributed by atoms with Gasteiger partial charge in [-0.1, -0.05) is 23.2 Å². The summed E-state index contributed by atoms with van der Waals surface area (Å²) in [6.07, 6.45) is -1.75. The van der Waals surface area contributed by atoms with Crippen LogP contribution in [0.15, 0.2) is 0 Å². The van der Waals surface area contributed by atoms with Gasteiger partial charge in [-0.25, -0.2) is 9.78 Å². The molecule has 0 radical (unpaired) electrons. The van der Waals surface area contributed by atoms with Crippen LogP contribution in [-0.2, 0) is 0 Å². The van der Waals surface area contributed by atoms with Gasteiger partial charge in [-0.05, 0) is 6.42 Å². The van der Waals surface area contributed by atoms with E-state index in [0.29, 0.717) is 4.88 Å². The Labute approximate surface area is 99.7 Å². The van der Waals surface area contributed by atoms with Crippen molar-refractivity contribution < 1.29 is 15.0 Å². The van der Waals surface area contributed by atoms with Crippen molar-refractivity contribution in [3.8, 4) is 0 Å². The predicted octanol–water partition coefficient (Wildman–Crippen LogP) is 2.14. The lowest BCUT2D eigenvalue weighted by molar-refractivity contribution is 0.165. The van der Waals surface area contributed by atoms with Crippen molar-refractivity contribution in [2.45, 2.75) is 12.5 Å². The highest BCUT2D eigenvalue weighted by Gasteiger charge is 2.16. The third-order valence-electron chi connectivity index (χ3n) is 1.58. The summed E-state index contributed by atoms with van der Waals surface area (Å²) in [6, 6.07) is 0. The van der Waals surface area contributed by atoms with E-state index < -0.39 is 12.2 Å². The van der Waals surface area contributed by atoms with Crippen molar-refractivity contribution >= 4 is 40.6 Å². The second kappa shape index (κ2) is 5.50. The maximum atomic E-state index is 10.1. The smallest absolute Gasteiger partial charge is 0.404 e. The van der Waals surface area contributed by atoms with Crippen LogP contribution in [-0.4, -0.2) is 27.8 Å². The van der Waals surface area contributed by atoms with E-state index in [4.69, 9.17) is 28.3 Å². The molecule has 0 aliphatic carbocycles. The molecular formula is C7H8Cl2N2O3S. The van der Waals surface area contributed by atoms with Gasteiger partial charge in [0, 0.05) is 6.54 Å². The highest BCUT2D eigenvalue weighted by Crippen LogP contribution is 2.32. The topological polar surface area (TPSA) is 82.5 Å². The van der Waals surface area contributed by atoms with Crippen LogP contribution in [0.1, 0.15) is 17.4 Å². The largest absolute Gasteiger partial charge is 0.465 e. The Kier molecular flexibility index (Phi) is 4.59. The molecule has 0 aliphatic heterocycles. The summed E-state index contributed by atoms with van der Waals surface area (Å²) in [5.41, 5.74) is 0. The van der Waals surface area contributed by atoms with Crippen molar-refractivity contribution in [3.05, 3.63) is 14.5 Å². The van der Waals surface area contributed by atoms with Crippen LogP contribution in [0.5, 0.6) is 0 Å². The molecule has 0 aromatic carbocycles. The zero-order valence-electron chi connectivity index (χ0n) is 7.41. The highest BCUT2D eigenvalue weighted by atomic mass is 35.5. The Balaban J connectivity index is 2.50. The Morgan fingerprint density at radius 3 is 2.73 bits per heavy atom. The van der Waals surface area contributed by atoms with E-state index in [0.717, 1.165) is 11.3 Å². The maximum absolute atomic E-state index is 10.1. The zero-order valence-corrected chi connectivity index (χ0v) is 9.73. The monoisotopic (exact) mass is 270 g/mol. The van der Waals surface area contributed by atoms with Crippen molar-refractivity contribution in [1.29, 1.82) is 0 Å². The number of aliphatic hydroxyl groups is 1. The molecule has 5 nitrogen and oxygen atoms in total. The minimum absolute atomic E-state index is 0.141. The molecule has 0 saturated carbocycles. The Hall–Kier alpha value is -0.560. The first-order valence-electron chi connectivity index (χ1n) is 3.97. The molecule has 0 aliphatic rings. The molecule has 3 N–H and O–H groups in total. The van der Waals surface area contributed by atoms with Gasteiger partial charge >= 0.3 is 6.09 Å². The van der Waals surface area contributed by atoms with Gasteiger partial charge in [-0.15, -0.1) is 11.3 Å². The first-order chi connectivity index (χ1) is 7.00. The van der Waals surface area contributed by atoms with Gasteiger partial charge in [-0.3, -0.25) is 0 Å². The molecule has 1 rings (SSSR count). The number of hydrogen-bond acceptors (Lipinski definition) is 4. The van der Waals surface area contributed by atoms with E-state index in [1.54, 1.807) is 0 Å². The van der Waals surface area contributed by atoms with Crippen LogP contribution in [0.3, 0.4) is 0 Å². The quantitative estimate of drug-likeness (QED) is 0.783. The summed E-state index contributed by atoms with van der Waals surface area (Å²) in [7, 11) is 0. The minimum Gasteiger partial charge on any atom is -0.465 e. The number of amides is 1. The van der Waals surface area contributed by atoms with E-state index in [-0.39, 0.29) is 22.6 Å². The fourth-order valence-corrected chi connectivity index (χ4v) is 2.40. The number of thiazole rings is 1. The third-order valence-corrected chi connectivity index (χ3v) is 3.24. The molecule has 0 fully saturated rings. The SMILES string of the molecule is O=C(O)NCCC(O)c1sc(Cl)nc1Cl. The fourth-order valence-electron chi connectivity index (χ4n) is 0.940. The summed E-state index contributed by atoms with van der Waals surface area (Å²) in [5, 5.41) is 20.2. The molecular weight excluding hydrogens is 263 g/mol. The molecule has 1 aromatic heterocycles. The number of aliphatic hydroxyl groups excluding tert-OH is 1. The van der Waals surface area contributed by atoms with Crippen LogP contribution in [0.25, 0.3) is 0 Å². The summed E-state index contributed by atoms with van der Waals surface area (Å²) in [4.78, 5) is 14.3. The molecule has 1 heterocycles. The molecule has 0 bridgehead atoms. The standard InChI is InChI=1S/C7H8Cl2N2O3S/c8-5-4(15-6(9)11-5)3(12)1-2-10-7(13)14/h3,10,12H,1-2H2,(H,13,14). The summed E-state index contributed by atoms with van der Waals surface area (Å²) in [5.74, 6) is 0. The number of aromatic nitrogens is 1. The normalized spacial score (nSPS) is 12.5. The molecule has 1 unspecified atom stereocenters. The average molecular weight is 271 g/mol. The first-order valence-corrected chi connectivity index (χ1v) is 5.54. The van der Waals surface area contributed by atoms with Gasteiger partial charge in [0.1, 0.15) is 5.15 Å². The molecule has 1 aromatic rings. The number of carboxylic acid groups (broad SMARTS) is 1. The van der Waals surface area contributed by atoms with Crippen LogP contribution >= 0.6 is 34.5 Å². The van der Waals surface area contributed by atoms with Gasteiger partial charge in [-0.2, -0.15) is 0 Å². The molecule has 1 amide bonds. The molecule has 0 saturated heterocycles. The molecule has 0 spiro atoms. The number of hydrogen-bond donors (Lipinski definition) is 3. The van der Waals surface area contributed by atoms with Crippen LogP contribution in [0.2, 0.25) is 9.62 Å². The van der Waals surface area contributed by atoms with Crippen LogP contribution in [0.4, 0.5) is 4.79 Å². The maximum Gasteiger partial charge on any atom is 0.404 e. The van der Waals surface area contributed by atoms with Crippen molar-refractivity contribution in [3.63, 3.8) is 0 Å². The predicted molar refractivity (Wildman–Crippen MR) is 57.7 cm³/mol. The zero-order chi connectivity index (χ0) is 11.4. The van der Waals surface area contributed by atoms with E-state index in [9.17, 15) is 9.90 Å². The first kappa shape index (κ1) is 12.5. The lowest BCUT2D eigenvalue weighted by atomic mass is 10.2. The number of nitrogens with zero attached hydrogens (tertiary/aromatic N) is 1. The lowest BCUT2D eigenvalue weighted by Gasteiger charge is -2.07. The molecule has 8 heteroatoms. The molecule has 15 heavy (non-hydrogen) atoms. The number of halogens is 2. The summed E-state index contributed by atoms with van der Waals surface area (Å²) in [6.45, 7) is 0.141. The van der Waals surface area contributed by atoms with Crippen molar-refractivity contribution in [2.24, 2.45) is 0 Å². The van der Waals surface area contributed by atoms with Gasteiger partial charge in [0.25, 0.3) is 0 Å². The summed E-state index contributed by atoms with van der Waals surface area (Å²) < 4.78 is 0.250. The van der Waals surface area contributed by atoms with Gasteiger partial charge in [0.2, 0.25) is 0 Å². The Morgan fingerprint density at radius 1 is 1.60 bits per heavy atom. The van der Waals surface area contributed by atoms with Crippen molar-refractivity contribution in [2.75, 3.05) is 6.54 Å². The highest BCUT2D eigenvalue weighted by molar-refractivity contribution is 7.16. The molecule has 1 atom stereocenters. The minimum atomic E-state index is -1.13. The second-order valence-electron chi connectivity index (χ2n) is 2.66. The van der Waals surface area contributed by atoms with Crippen LogP contribution < -0.4 is 5.32 Å². The Bertz CT molecular complexity index is 358. The van der Waals surface area contributed by atoms with E-state index in [1.165, 1.54) is 0 Å². The van der Waals surface area contributed by atoms with Crippen molar-refractivity contribution in [1.82, 2.24) is 10.3 Å². The van der Waals surface area contributed by atoms with E-state index >= 15 is 0 Å². The van der Waals surface area contributed by atoms with Gasteiger partial charge in [0.05, 0.1) is 11.0 Å².